The first kappa shape index (κ1) is 15.7. The lowest BCUT2D eigenvalue weighted by molar-refractivity contribution is 0.321. The largest absolute Gasteiger partial charge is 0.507 e. The molecule has 0 saturated heterocycles. The van der Waals surface area contributed by atoms with Crippen molar-refractivity contribution >= 4 is 0 Å². The van der Waals surface area contributed by atoms with E-state index in [1.807, 2.05) is 0 Å². The molecule has 1 heterocycles. The van der Waals surface area contributed by atoms with E-state index in [2.05, 4.69) is 0 Å². The fraction of sp³-hybridized carbons (Fsp3) is 0.286. The number of hydrogen-bond donors (Lipinski definition) is 2. The molecule has 0 aliphatic carbocycles. The summed E-state index contributed by atoms with van der Waals surface area (Å²) in [5, 5.41) is 17.1. The third-order valence-corrected chi connectivity index (χ3v) is 2.58. The quantitative estimate of drug-likeness (QED) is 0.895. The van der Waals surface area contributed by atoms with Gasteiger partial charge in [-0.2, -0.15) is 0 Å². The minimum absolute atomic E-state index is 0.000509. The van der Waals surface area contributed by atoms with Gasteiger partial charge in [0.2, 0.25) is 5.75 Å². The lowest BCUT2D eigenvalue weighted by Crippen LogP contribution is -1.97. The van der Waals surface area contributed by atoms with Crippen LogP contribution in [0.1, 0.15) is 0 Å². The number of ether oxygens (including phenoxy) is 3. The van der Waals surface area contributed by atoms with Crippen molar-refractivity contribution in [1.29, 1.82) is 0 Å². The molecule has 6 nitrogen and oxygen atoms in total. The molecular formula is C14H18O6. The average Bonchev–Trinajstić information content (AvgIpc) is 3.01. The first-order valence-electron chi connectivity index (χ1n) is 5.73. The van der Waals surface area contributed by atoms with E-state index in [9.17, 15) is 5.11 Å². The van der Waals surface area contributed by atoms with Crippen LogP contribution in [0.25, 0.3) is 11.3 Å². The number of rotatable bonds is 4. The Labute approximate surface area is 117 Å². The Morgan fingerprint density at radius 2 is 1.65 bits per heavy atom. The van der Waals surface area contributed by atoms with Crippen molar-refractivity contribution in [1.82, 2.24) is 0 Å². The van der Waals surface area contributed by atoms with E-state index in [-0.39, 0.29) is 5.75 Å². The highest BCUT2D eigenvalue weighted by atomic mass is 16.5. The van der Waals surface area contributed by atoms with E-state index < -0.39 is 0 Å². The Morgan fingerprint density at radius 1 is 1.00 bits per heavy atom. The molecule has 0 saturated carbocycles. The molecule has 0 spiro atoms. The van der Waals surface area contributed by atoms with E-state index >= 15 is 0 Å². The van der Waals surface area contributed by atoms with Crippen LogP contribution >= 0.6 is 0 Å². The van der Waals surface area contributed by atoms with Gasteiger partial charge in [0, 0.05) is 13.2 Å². The molecule has 0 radical (unpaired) electrons. The predicted molar refractivity (Wildman–Crippen MR) is 73.6 cm³/mol. The summed E-state index contributed by atoms with van der Waals surface area (Å²) in [5.41, 5.74) is 0.431. The SMILES string of the molecule is CO.COc1cc(O)c(-c2ccco2)c(OC)c1OC. The van der Waals surface area contributed by atoms with Gasteiger partial charge in [-0.15, -0.1) is 0 Å². The molecule has 2 rings (SSSR count). The lowest BCUT2D eigenvalue weighted by atomic mass is 10.1. The minimum Gasteiger partial charge on any atom is -0.507 e. The Balaban J connectivity index is 0.000000956. The molecule has 2 N–H and O–H groups in total. The summed E-state index contributed by atoms with van der Waals surface area (Å²) < 4.78 is 21.0. The maximum Gasteiger partial charge on any atom is 0.204 e. The topological polar surface area (TPSA) is 81.3 Å². The van der Waals surface area contributed by atoms with Crippen LogP contribution < -0.4 is 14.2 Å². The first-order valence-corrected chi connectivity index (χ1v) is 5.73. The second kappa shape index (κ2) is 7.30. The Morgan fingerprint density at radius 3 is 2.10 bits per heavy atom. The minimum atomic E-state index is -0.000509. The zero-order chi connectivity index (χ0) is 15.1. The molecule has 6 heteroatoms. The van der Waals surface area contributed by atoms with E-state index in [0.717, 1.165) is 7.11 Å². The standard InChI is InChI=1S/C13H14O5.CH4O/c1-15-10-7-8(14)11(9-5-4-6-18-9)13(17-3)12(10)16-2;1-2/h4-7,14H,1-3H3;2H,1H3. The molecular weight excluding hydrogens is 264 g/mol. The van der Waals surface area contributed by atoms with Crippen molar-refractivity contribution in [2.75, 3.05) is 28.4 Å². The highest BCUT2D eigenvalue weighted by Gasteiger charge is 2.23. The predicted octanol–water partition coefficient (Wildman–Crippen LogP) is 2.29. The van der Waals surface area contributed by atoms with Crippen LogP contribution in [-0.2, 0) is 0 Å². The number of phenols is 1. The molecule has 1 aromatic heterocycles. The number of benzene rings is 1. The van der Waals surface area contributed by atoms with Crippen LogP contribution in [0.3, 0.4) is 0 Å². The lowest BCUT2D eigenvalue weighted by Gasteiger charge is -2.16. The molecule has 20 heavy (non-hydrogen) atoms. The number of hydrogen-bond acceptors (Lipinski definition) is 6. The second-order valence-electron chi connectivity index (χ2n) is 3.52. The highest BCUT2D eigenvalue weighted by molar-refractivity contribution is 5.79. The smallest absolute Gasteiger partial charge is 0.204 e. The van der Waals surface area contributed by atoms with Gasteiger partial charge in [0.25, 0.3) is 0 Å². The van der Waals surface area contributed by atoms with Gasteiger partial charge in [-0.05, 0) is 12.1 Å². The number of phenolic OH excluding ortho intramolecular Hbond substituents is 1. The van der Waals surface area contributed by atoms with Crippen LogP contribution in [0.2, 0.25) is 0 Å². The van der Waals surface area contributed by atoms with Crippen molar-refractivity contribution < 1.29 is 28.8 Å². The van der Waals surface area contributed by atoms with E-state index in [0.29, 0.717) is 28.6 Å². The number of aliphatic hydroxyl groups is 1. The summed E-state index contributed by atoms with van der Waals surface area (Å²) in [6, 6.07) is 4.91. The van der Waals surface area contributed by atoms with Crippen LogP contribution in [0.5, 0.6) is 23.0 Å². The van der Waals surface area contributed by atoms with Crippen molar-refractivity contribution in [2.45, 2.75) is 0 Å². The van der Waals surface area contributed by atoms with E-state index in [4.69, 9.17) is 23.7 Å². The van der Waals surface area contributed by atoms with Crippen molar-refractivity contribution in [3.05, 3.63) is 24.5 Å². The van der Waals surface area contributed by atoms with Gasteiger partial charge in [0.15, 0.2) is 11.5 Å². The second-order valence-corrected chi connectivity index (χ2v) is 3.52. The third kappa shape index (κ3) is 2.80. The van der Waals surface area contributed by atoms with Crippen LogP contribution in [-0.4, -0.2) is 38.7 Å². The van der Waals surface area contributed by atoms with Gasteiger partial charge < -0.3 is 28.8 Å². The summed E-state index contributed by atoms with van der Waals surface area (Å²) in [6.45, 7) is 0. The fourth-order valence-electron chi connectivity index (χ4n) is 1.80. The van der Waals surface area contributed by atoms with Gasteiger partial charge >= 0.3 is 0 Å². The maximum absolute atomic E-state index is 10.1. The summed E-state index contributed by atoms with van der Waals surface area (Å²) in [4.78, 5) is 0. The van der Waals surface area contributed by atoms with Crippen LogP contribution in [0.15, 0.2) is 28.9 Å². The normalized spacial score (nSPS) is 9.45. The maximum atomic E-state index is 10.1. The summed E-state index contributed by atoms with van der Waals surface area (Å²) in [6.07, 6.45) is 1.52. The first-order chi connectivity index (χ1) is 9.72. The Hall–Kier alpha value is -2.34. The van der Waals surface area contributed by atoms with Gasteiger partial charge in [-0.1, -0.05) is 0 Å². The average molecular weight is 282 g/mol. The molecule has 0 atom stereocenters. The summed E-state index contributed by atoms with van der Waals surface area (Å²) in [7, 11) is 5.48. The molecule has 0 amide bonds. The van der Waals surface area contributed by atoms with Crippen molar-refractivity contribution in [3.63, 3.8) is 0 Å². The zero-order valence-electron chi connectivity index (χ0n) is 11.8. The molecule has 0 unspecified atom stereocenters. The fourth-order valence-corrected chi connectivity index (χ4v) is 1.80. The van der Waals surface area contributed by atoms with Crippen molar-refractivity contribution in [2.24, 2.45) is 0 Å². The molecule has 0 fully saturated rings. The molecule has 0 aliphatic rings. The van der Waals surface area contributed by atoms with Gasteiger partial charge in [0.05, 0.1) is 27.6 Å². The molecule has 110 valence electrons. The van der Waals surface area contributed by atoms with E-state index in [1.165, 1.54) is 33.7 Å². The zero-order valence-corrected chi connectivity index (χ0v) is 11.8. The third-order valence-electron chi connectivity index (χ3n) is 2.58. The van der Waals surface area contributed by atoms with Gasteiger partial charge in [0.1, 0.15) is 17.1 Å². The number of aromatic hydroxyl groups is 1. The van der Waals surface area contributed by atoms with Crippen molar-refractivity contribution in [3.8, 4) is 34.3 Å². The Kier molecular flexibility index (Phi) is 5.74. The van der Waals surface area contributed by atoms with Crippen LogP contribution in [0, 0.1) is 0 Å². The van der Waals surface area contributed by atoms with Crippen LogP contribution in [0.4, 0.5) is 0 Å². The monoisotopic (exact) mass is 282 g/mol. The molecule has 1 aromatic carbocycles. The number of aliphatic hydroxyl groups excluding tert-OH is 1. The summed E-state index contributed by atoms with van der Waals surface area (Å²) in [5.74, 6) is 1.65. The Bertz CT molecular complexity index is 533. The number of furan rings is 1. The highest BCUT2D eigenvalue weighted by Crippen LogP contribution is 2.49. The van der Waals surface area contributed by atoms with Gasteiger partial charge in [-0.25, -0.2) is 0 Å². The summed E-state index contributed by atoms with van der Waals surface area (Å²) >= 11 is 0. The molecule has 2 aromatic rings. The number of methoxy groups -OCH3 is 3. The van der Waals surface area contributed by atoms with E-state index in [1.54, 1.807) is 12.1 Å². The van der Waals surface area contributed by atoms with Gasteiger partial charge in [-0.3, -0.25) is 0 Å². The molecule has 0 aliphatic heterocycles. The molecule has 0 bridgehead atoms.